The van der Waals surface area contributed by atoms with Gasteiger partial charge in [0.1, 0.15) is 11.6 Å². The van der Waals surface area contributed by atoms with Crippen LogP contribution in [0.3, 0.4) is 0 Å². The Hall–Kier alpha value is -3.11. The molecule has 3 nitrogen and oxygen atoms in total. The van der Waals surface area contributed by atoms with Crippen LogP contribution in [0.5, 0.6) is 5.75 Å². The molecule has 0 saturated carbocycles. The summed E-state index contributed by atoms with van der Waals surface area (Å²) in [6.07, 6.45) is 2.45. The minimum Gasteiger partial charge on any atom is -0.494 e. The SMILES string of the molecule is CCOc1ccc(/C(=C(/CC)c2ccc(Cl)cc2F)c2ccc3[nH]ncc3c2)cc1. The molecule has 0 bridgehead atoms. The lowest BCUT2D eigenvalue weighted by Crippen LogP contribution is -1.98. The number of hydrogen-bond donors (Lipinski definition) is 1. The fourth-order valence-corrected chi connectivity index (χ4v) is 3.89. The fourth-order valence-electron chi connectivity index (χ4n) is 3.73. The first kappa shape index (κ1) is 20.2. The smallest absolute Gasteiger partial charge is 0.132 e. The third kappa shape index (κ3) is 3.96. The van der Waals surface area contributed by atoms with Crippen molar-refractivity contribution in [2.75, 3.05) is 6.61 Å². The van der Waals surface area contributed by atoms with Crippen molar-refractivity contribution < 1.29 is 9.13 Å². The van der Waals surface area contributed by atoms with Gasteiger partial charge in [-0.2, -0.15) is 5.10 Å². The van der Waals surface area contributed by atoms with E-state index in [1.807, 2.05) is 50.2 Å². The van der Waals surface area contributed by atoms with Gasteiger partial charge in [-0.1, -0.05) is 42.8 Å². The van der Waals surface area contributed by atoms with Crippen LogP contribution in [0.25, 0.3) is 22.0 Å². The molecule has 4 rings (SSSR count). The van der Waals surface area contributed by atoms with Gasteiger partial charge in [-0.05, 0) is 72.0 Å². The highest BCUT2D eigenvalue weighted by Gasteiger charge is 2.17. The molecule has 0 aliphatic rings. The average Bonchev–Trinajstić information content (AvgIpc) is 3.21. The van der Waals surface area contributed by atoms with Gasteiger partial charge in [0, 0.05) is 16.0 Å². The molecule has 0 aliphatic carbocycles. The molecule has 0 aliphatic heterocycles. The zero-order chi connectivity index (χ0) is 21.1. The maximum Gasteiger partial charge on any atom is 0.132 e. The maximum absolute atomic E-state index is 14.9. The summed E-state index contributed by atoms with van der Waals surface area (Å²) in [5.41, 5.74) is 5.39. The van der Waals surface area contributed by atoms with Gasteiger partial charge >= 0.3 is 0 Å². The molecule has 0 fully saturated rings. The number of aromatic nitrogens is 2. The molecular formula is C25H22ClFN2O. The van der Waals surface area contributed by atoms with Crippen LogP contribution in [-0.2, 0) is 0 Å². The Bertz CT molecular complexity index is 1210. The van der Waals surface area contributed by atoms with E-state index in [9.17, 15) is 4.39 Å². The predicted molar refractivity (Wildman–Crippen MR) is 121 cm³/mol. The molecule has 0 radical (unpaired) electrons. The number of allylic oxidation sites excluding steroid dienone is 1. The molecule has 1 heterocycles. The Kier molecular flexibility index (Phi) is 5.86. The summed E-state index contributed by atoms with van der Waals surface area (Å²) in [6, 6.07) is 18.9. The van der Waals surface area contributed by atoms with Crippen LogP contribution in [0.15, 0.2) is 66.9 Å². The number of aromatic amines is 1. The first-order valence-corrected chi connectivity index (χ1v) is 10.3. The molecule has 0 atom stereocenters. The highest BCUT2D eigenvalue weighted by Crippen LogP contribution is 2.37. The number of fused-ring (bicyclic) bond motifs is 1. The Morgan fingerprint density at radius 3 is 2.47 bits per heavy atom. The van der Waals surface area contributed by atoms with Crippen LogP contribution in [0.4, 0.5) is 4.39 Å². The highest BCUT2D eigenvalue weighted by atomic mass is 35.5. The zero-order valence-corrected chi connectivity index (χ0v) is 17.6. The summed E-state index contributed by atoms with van der Waals surface area (Å²) in [5, 5.41) is 8.49. The number of ether oxygens (including phenoxy) is 1. The number of nitrogens with zero attached hydrogens (tertiary/aromatic N) is 1. The number of rotatable bonds is 6. The van der Waals surface area contributed by atoms with E-state index >= 15 is 0 Å². The minimum atomic E-state index is -0.327. The van der Waals surface area contributed by atoms with Gasteiger partial charge < -0.3 is 4.74 Å². The van der Waals surface area contributed by atoms with E-state index in [2.05, 4.69) is 16.3 Å². The van der Waals surface area contributed by atoms with Gasteiger partial charge in [0.15, 0.2) is 0 Å². The van der Waals surface area contributed by atoms with Crippen LogP contribution >= 0.6 is 11.6 Å². The third-order valence-electron chi connectivity index (χ3n) is 5.09. The topological polar surface area (TPSA) is 37.9 Å². The second kappa shape index (κ2) is 8.72. The van der Waals surface area contributed by atoms with Crippen molar-refractivity contribution in [1.29, 1.82) is 0 Å². The van der Waals surface area contributed by atoms with Crippen molar-refractivity contribution in [3.63, 3.8) is 0 Å². The van der Waals surface area contributed by atoms with Gasteiger partial charge in [-0.3, -0.25) is 5.10 Å². The van der Waals surface area contributed by atoms with Crippen molar-refractivity contribution in [3.8, 4) is 5.75 Å². The van der Waals surface area contributed by atoms with E-state index in [0.717, 1.165) is 38.9 Å². The highest BCUT2D eigenvalue weighted by molar-refractivity contribution is 6.30. The number of halogens is 2. The third-order valence-corrected chi connectivity index (χ3v) is 5.33. The molecule has 0 amide bonds. The normalized spacial score (nSPS) is 12.1. The lowest BCUT2D eigenvalue weighted by molar-refractivity contribution is 0.340. The van der Waals surface area contributed by atoms with Crippen molar-refractivity contribution >= 4 is 33.7 Å². The molecule has 30 heavy (non-hydrogen) atoms. The van der Waals surface area contributed by atoms with Crippen molar-refractivity contribution in [1.82, 2.24) is 10.2 Å². The van der Waals surface area contributed by atoms with Crippen molar-refractivity contribution in [2.45, 2.75) is 20.3 Å². The summed E-state index contributed by atoms with van der Waals surface area (Å²) in [4.78, 5) is 0. The van der Waals surface area contributed by atoms with E-state index in [1.54, 1.807) is 18.3 Å². The van der Waals surface area contributed by atoms with Crippen LogP contribution < -0.4 is 4.74 Å². The summed E-state index contributed by atoms with van der Waals surface area (Å²) in [6.45, 7) is 4.60. The Morgan fingerprint density at radius 2 is 1.77 bits per heavy atom. The molecule has 5 heteroatoms. The number of nitrogens with one attached hydrogen (secondary N) is 1. The molecule has 1 N–H and O–H groups in total. The Morgan fingerprint density at radius 1 is 1.00 bits per heavy atom. The van der Waals surface area contributed by atoms with Crippen LogP contribution in [0, 0.1) is 5.82 Å². The number of H-pyrrole nitrogens is 1. The van der Waals surface area contributed by atoms with Gasteiger partial charge in [0.05, 0.1) is 18.3 Å². The summed E-state index contributed by atoms with van der Waals surface area (Å²) in [5.74, 6) is 0.480. The standard InChI is InChI=1S/C25H22ClFN2O/c1-3-21(22-11-8-19(26)14-23(22)27)25(16-5-9-20(10-6-16)30-4-2)17-7-12-24-18(13-17)15-28-29-24/h5-15H,3-4H2,1-2H3,(H,28,29)/b25-21+. The Balaban J connectivity index is 1.96. The van der Waals surface area contributed by atoms with E-state index in [0.29, 0.717) is 23.6 Å². The molecule has 0 saturated heterocycles. The van der Waals surface area contributed by atoms with Crippen LogP contribution in [0.1, 0.15) is 37.0 Å². The first-order chi connectivity index (χ1) is 14.6. The number of benzene rings is 3. The summed E-state index contributed by atoms with van der Waals surface area (Å²) in [7, 11) is 0. The minimum absolute atomic E-state index is 0.327. The van der Waals surface area contributed by atoms with Crippen molar-refractivity contribution in [3.05, 3.63) is 94.4 Å². The monoisotopic (exact) mass is 420 g/mol. The van der Waals surface area contributed by atoms with Gasteiger partial charge in [-0.15, -0.1) is 0 Å². The maximum atomic E-state index is 14.9. The first-order valence-electron chi connectivity index (χ1n) is 9.96. The zero-order valence-electron chi connectivity index (χ0n) is 16.9. The van der Waals surface area contributed by atoms with Gasteiger partial charge in [-0.25, -0.2) is 4.39 Å². The van der Waals surface area contributed by atoms with E-state index < -0.39 is 0 Å². The van der Waals surface area contributed by atoms with Crippen molar-refractivity contribution in [2.24, 2.45) is 0 Å². The van der Waals surface area contributed by atoms with Crippen LogP contribution in [0.2, 0.25) is 5.02 Å². The van der Waals surface area contributed by atoms with Gasteiger partial charge in [0.25, 0.3) is 0 Å². The largest absolute Gasteiger partial charge is 0.494 e. The van der Waals surface area contributed by atoms with E-state index in [4.69, 9.17) is 16.3 Å². The molecule has 4 aromatic rings. The quantitative estimate of drug-likeness (QED) is 0.337. The average molecular weight is 421 g/mol. The molecular weight excluding hydrogens is 399 g/mol. The van der Waals surface area contributed by atoms with E-state index in [1.165, 1.54) is 6.07 Å². The predicted octanol–water partition coefficient (Wildman–Crippen LogP) is 7.12. The molecule has 0 unspecified atom stereocenters. The molecule has 0 spiro atoms. The summed E-state index contributed by atoms with van der Waals surface area (Å²) >= 11 is 6.00. The molecule has 3 aromatic carbocycles. The lowest BCUT2D eigenvalue weighted by Gasteiger charge is -2.17. The lowest BCUT2D eigenvalue weighted by atomic mass is 9.87. The van der Waals surface area contributed by atoms with E-state index in [-0.39, 0.29) is 5.82 Å². The number of hydrogen-bond acceptors (Lipinski definition) is 2. The second-order valence-electron chi connectivity index (χ2n) is 6.96. The summed E-state index contributed by atoms with van der Waals surface area (Å²) < 4.78 is 20.5. The van der Waals surface area contributed by atoms with Crippen LogP contribution in [-0.4, -0.2) is 16.8 Å². The second-order valence-corrected chi connectivity index (χ2v) is 7.40. The molecule has 1 aromatic heterocycles. The van der Waals surface area contributed by atoms with Gasteiger partial charge in [0.2, 0.25) is 0 Å². The fraction of sp³-hybridized carbons (Fsp3) is 0.160. The molecule has 152 valence electrons. The Labute approximate surface area is 180 Å².